The normalized spacial score (nSPS) is 10.4. The number of carbonyl (C=O) groups is 1. The third-order valence-electron chi connectivity index (χ3n) is 1.31. The van der Waals surface area contributed by atoms with E-state index < -0.39 is 0 Å². The second-order valence-corrected chi connectivity index (χ2v) is 5.87. The highest BCUT2D eigenvalue weighted by atomic mass is 127. The van der Waals surface area contributed by atoms with Gasteiger partial charge in [0.15, 0.2) is 5.12 Å². The zero-order valence-electron chi connectivity index (χ0n) is 9.42. The lowest BCUT2D eigenvalue weighted by Crippen LogP contribution is -2.36. The molecule has 0 saturated carbocycles. The maximum absolute atomic E-state index is 10.4. The number of nitrogens with zero attached hydrogens (tertiary/aromatic N) is 1. The van der Waals surface area contributed by atoms with Crippen molar-refractivity contribution in [3.63, 3.8) is 0 Å². The van der Waals surface area contributed by atoms with Crippen molar-refractivity contribution in [2.75, 3.05) is 34.3 Å². The van der Waals surface area contributed by atoms with Crippen LogP contribution in [0.2, 0.25) is 0 Å². The van der Waals surface area contributed by atoms with Crippen molar-refractivity contribution in [2.45, 2.75) is 19.8 Å². The smallest absolute Gasteiger partial charge is 0.199 e. The van der Waals surface area contributed by atoms with E-state index in [1.807, 2.05) is 28.1 Å². The summed E-state index contributed by atoms with van der Waals surface area (Å²) in [5, 5.41) is 8.67. The van der Waals surface area contributed by atoms with Gasteiger partial charge in [-0.15, -0.1) is 0 Å². The highest BCUT2D eigenvalue weighted by Gasteiger charge is 2.02. The average Bonchev–Trinajstić information content (AvgIpc) is 2.03. The molecule has 3 nitrogen and oxygen atoms in total. The molecule has 0 fully saturated rings. The summed E-state index contributed by atoms with van der Waals surface area (Å²) in [5.41, 5.74) is 0. The van der Waals surface area contributed by atoms with Crippen LogP contribution >= 0.6 is 30.1 Å². The molecule has 0 heterocycles. The predicted molar refractivity (Wildman–Crippen MR) is 71.5 cm³/mol. The minimum Gasteiger partial charge on any atom is -0.391 e. The first kappa shape index (κ1) is 17.1. The van der Waals surface area contributed by atoms with E-state index in [9.17, 15) is 4.79 Å². The molecule has 0 aromatic heterocycles. The standard InChI is InChI=1S/C5H14NO.C4H7IOS/c1-6(2,3)4-5-7;1-2-3-4(6)7-5/h7H,4-5H2,1-3H3;2-3H2,1H3/q+1;. The van der Waals surface area contributed by atoms with Gasteiger partial charge in [-0.2, -0.15) is 0 Å². The molecule has 0 saturated heterocycles. The van der Waals surface area contributed by atoms with Crippen LogP contribution in [0.25, 0.3) is 0 Å². The molecule has 0 bridgehead atoms. The van der Waals surface area contributed by atoms with Crippen molar-refractivity contribution in [3.05, 3.63) is 0 Å². The van der Waals surface area contributed by atoms with E-state index in [2.05, 4.69) is 21.1 Å². The summed E-state index contributed by atoms with van der Waals surface area (Å²) in [6.07, 6.45) is 1.68. The van der Waals surface area contributed by atoms with Gasteiger partial charge >= 0.3 is 0 Å². The molecule has 0 atom stereocenters. The maximum atomic E-state index is 10.4. The van der Waals surface area contributed by atoms with Gasteiger partial charge in [0.25, 0.3) is 0 Å². The molecular weight excluding hydrogens is 313 g/mol. The molecule has 14 heavy (non-hydrogen) atoms. The van der Waals surface area contributed by atoms with Crippen LogP contribution in [0, 0.1) is 0 Å². The number of aliphatic hydroxyl groups excluding tert-OH is 1. The molecule has 0 rings (SSSR count). The fraction of sp³-hybridized carbons (Fsp3) is 0.889. The third kappa shape index (κ3) is 18.5. The molecule has 0 unspecified atom stereocenters. The Hall–Kier alpha value is 0.670. The first-order chi connectivity index (χ1) is 6.37. The molecule has 0 aromatic carbocycles. The molecule has 0 radical (unpaired) electrons. The van der Waals surface area contributed by atoms with Crippen LogP contribution in [-0.4, -0.2) is 49.0 Å². The van der Waals surface area contributed by atoms with Gasteiger partial charge in [-0.05, 0) is 15.4 Å². The van der Waals surface area contributed by atoms with Crippen molar-refractivity contribution >= 4 is 35.3 Å². The second kappa shape index (κ2) is 10.2. The number of hydrogen-bond donors (Lipinski definition) is 1. The van der Waals surface area contributed by atoms with Gasteiger partial charge in [-0.25, -0.2) is 0 Å². The molecular formula is C9H21INO2S+. The van der Waals surface area contributed by atoms with E-state index in [1.165, 1.54) is 8.93 Å². The SMILES string of the molecule is CCCC(=O)SI.C[N+](C)(C)CCO. The molecule has 0 amide bonds. The van der Waals surface area contributed by atoms with Crippen LogP contribution in [0.15, 0.2) is 0 Å². The van der Waals surface area contributed by atoms with Gasteiger partial charge in [0.2, 0.25) is 0 Å². The van der Waals surface area contributed by atoms with Gasteiger partial charge < -0.3 is 9.59 Å². The highest BCUT2D eigenvalue weighted by Crippen LogP contribution is 2.14. The Kier molecular flexibility index (Phi) is 12.4. The molecule has 0 spiro atoms. The topological polar surface area (TPSA) is 37.3 Å². The van der Waals surface area contributed by atoms with Gasteiger partial charge in [0.05, 0.1) is 27.7 Å². The van der Waals surface area contributed by atoms with Crippen molar-refractivity contribution in [3.8, 4) is 0 Å². The first-order valence-corrected chi connectivity index (χ1v) is 7.96. The van der Waals surface area contributed by atoms with E-state index in [0.29, 0.717) is 6.42 Å². The minimum atomic E-state index is 0.281. The fourth-order valence-electron chi connectivity index (χ4n) is 0.543. The van der Waals surface area contributed by atoms with E-state index in [0.717, 1.165) is 17.4 Å². The zero-order chi connectivity index (χ0) is 11.6. The van der Waals surface area contributed by atoms with Gasteiger partial charge in [-0.3, -0.25) is 4.79 Å². The van der Waals surface area contributed by atoms with Crippen LogP contribution in [0.4, 0.5) is 0 Å². The Balaban J connectivity index is 0. The molecule has 0 aliphatic heterocycles. The monoisotopic (exact) mass is 334 g/mol. The second-order valence-electron chi connectivity index (χ2n) is 3.94. The molecule has 5 heteroatoms. The Labute approximate surface area is 103 Å². The Morgan fingerprint density at radius 3 is 2.00 bits per heavy atom. The lowest BCUT2D eigenvalue weighted by Gasteiger charge is -2.21. The fourth-order valence-corrected chi connectivity index (χ4v) is 1.48. The predicted octanol–water partition coefficient (Wildman–Crippen LogP) is 2.08. The molecule has 1 N–H and O–H groups in total. The summed E-state index contributed by atoms with van der Waals surface area (Å²) < 4.78 is 0.844. The van der Waals surface area contributed by atoms with Gasteiger partial charge in [0.1, 0.15) is 6.54 Å². The Morgan fingerprint density at radius 1 is 1.43 bits per heavy atom. The number of hydrogen-bond acceptors (Lipinski definition) is 3. The van der Waals surface area contributed by atoms with Crippen LogP contribution in [0.1, 0.15) is 19.8 Å². The molecule has 0 aliphatic rings. The van der Waals surface area contributed by atoms with E-state index in [1.54, 1.807) is 0 Å². The summed E-state index contributed by atoms with van der Waals surface area (Å²) in [7, 11) is 7.44. The van der Waals surface area contributed by atoms with Crippen LogP contribution in [0.3, 0.4) is 0 Å². The van der Waals surface area contributed by atoms with Gasteiger partial charge in [0, 0.05) is 27.6 Å². The highest BCUT2D eigenvalue weighted by molar-refractivity contribution is 14.2. The molecule has 86 valence electrons. The largest absolute Gasteiger partial charge is 0.391 e. The average molecular weight is 334 g/mol. The summed E-state index contributed by atoms with van der Waals surface area (Å²) >= 11 is 2.00. The number of carbonyl (C=O) groups excluding carboxylic acids is 1. The number of likely N-dealkylation sites (N-methyl/N-ethyl adjacent to an activating group) is 1. The number of aliphatic hydroxyl groups is 1. The van der Waals surface area contributed by atoms with E-state index in [4.69, 9.17) is 5.11 Å². The number of rotatable bonds is 4. The third-order valence-corrected chi connectivity index (χ3v) is 3.16. The summed E-state index contributed by atoms with van der Waals surface area (Å²) in [4.78, 5) is 10.4. The Morgan fingerprint density at radius 2 is 1.93 bits per heavy atom. The van der Waals surface area contributed by atoms with Crippen molar-refractivity contribution in [1.82, 2.24) is 0 Å². The van der Waals surface area contributed by atoms with E-state index >= 15 is 0 Å². The number of halogens is 1. The zero-order valence-corrected chi connectivity index (χ0v) is 12.4. The van der Waals surface area contributed by atoms with Crippen molar-refractivity contribution in [2.24, 2.45) is 0 Å². The minimum absolute atomic E-state index is 0.281. The quantitative estimate of drug-likeness (QED) is 0.632. The summed E-state index contributed by atoms with van der Waals surface area (Å²) in [5.74, 6) is 0. The van der Waals surface area contributed by atoms with Gasteiger partial charge in [-0.1, -0.05) is 6.92 Å². The summed E-state index contributed by atoms with van der Waals surface area (Å²) in [6.45, 7) is 3.12. The van der Waals surface area contributed by atoms with Crippen molar-refractivity contribution < 1.29 is 14.4 Å². The van der Waals surface area contributed by atoms with E-state index in [-0.39, 0.29) is 11.7 Å². The molecule has 0 aliphatic carbocycles. The maximum Gasteiger partial charge on any atom is 0.199 e. The van der Waals surface area contributed by atoms with Crippen LogP contribution in [0.5, 0.6) is 0 Å². The first-order valence-electron chi connectivity index (χ1n) is 4.60. The van der Waals surface area contributed by atoms with Crippen molar-refractivity contribution in [1.29, 1.82) is 0 Å². The lowest BCUT2D eigenvalue weighted by molar-refractivity contribution is -0.870. The van der Waals surface area contributed by atoms with Crippen LogP contribution in [-0.2, 0) is 4.79 Å². The molecule has 0 aromatic rings. The lowest BCUT2D eigenvalue weighted by atomic mass is 10.4. The Bertz CT molecular complexity index is 148. The number of quaternary nitrogens is 1. The summed E-state index contributed by atoms with van der Waals surface area (Å²) in [6, 6.07) is 0. The van der Waals surface area contributed by atoms with Crippen LogP contribution < -0.4 is 0 Å².